The van der Waals surface area contributed by atoms with Gasteiger partial charge in [0.2, 0.25) is 0 Å². The normalized spacial score (nSPS) is 14.2. The summed E-state index contributed by atoms with van der Waals surface area (Å²) in [7, 11) is -3.34. The number of benzene rings is 1. The predicted molar refractivity (Wildman–Crippen MR) is 95.4 cm³/mol. The summed E-state index contributed by atoms with van der Waals surface area (Å²) >= 11 is 5.33. The van der Waals surface area contributed by atoms with E-state index in [1.807, 2.05) is 37.3 Å². The highest BCUT2D eigenvalue weighted by atomic mass is 32.1. The van der Waals surface area contributed by atoms with E-state index < -0.39 is 12.9 Å². The van der Waals surface area contributed by atoms with Crippen molar-refractivity contribution in [2.24, 2.45) is 0 Å². The predicted octanol–water partition coefficient (Wildman–Crippen LogP) is 4.37. The van der Waals surface area contributed by atoms with E-state index in [1.54, 1.807) is 20.8 Å². The van der Waals surface area contributed by atoms with Crippen LogP contribution in [0.4, 0.5) is 5.69 Å². The molecule has 1 aromatic carbocycles. The molecule has 1 unspecified atom stereocenters. The van der Waals surface area contributed by atoms with Crippen LogP contribution < -0.4 is 10.6 Å². The van der Waals surface area contributed by atoms with Crippen LogP contribution in [-0.2, 0) is 13.6 Å². The van der Waals surface area contributed by atoms with Crippen LogP contribution in [0, 0.1) is 0 Å². The molecule has 0 heterocycles. The molecule has 0 amide bonds. The summed E-state index contributed by atoms with van der Waals surface area (Å²) in [5, 5.41) is 5.68. The van der Waals surface area contributed by atoms with Crippen LogP contribution in [0.2, 0.25) is 0 Å². The zero-order chi connectivity index (χ0) is 16.6. The van der Waals surface area contributed by atoms with Gasteiger partial charge in [-0.15, -0.1) is 0 Å². The first-order valence-electron chi connectivity index (χ1n) is 7.44. The van der Waals surface area contributed by atoms with Gasteiger partial charge in [0.05, 0.1) is 13.2 Å². The maximum atomic E-state index is 13.1. The van der Waals surface area contributed by atoms with Gasteiger partial charge in [0.25, 0.3) is 0 Å². The average molecular weight is 344 g/mol. The fraction of sp³-hybridized carbons (Fsp3) is 0.533. The molecular formula is C15H25N2O3PS. The summed E-state index contributed by atoms with van der Waals surface area (Å²) in [5.41, 5.74) is 0.862. The second-order valence-corrected chi connectivity index (χ2v) is 7.81. The Hall–Kier alpha value is -0.940. The Morgan fingerprint density at radius 1 is 1.18 bits per heavy atom. The molecule has 0 radical (unpaired) electrons. The van der Waals surface area contributed by atoms with Crippen LogP contribution in [0.1, 0.15) is 34.1 Å². The lowest BCUT2D eigenvalue weighted by molar-refractivity contribution is 0.193. The summed E-state index contributed by atoms with van der Waals surface area (Å²) in [4.78, 5) is 0. The molecule has 0 saturated heterocycles. The Kier molecular flexibility index (Phi) is 7.49. The summed E-state index contributed by atoms with van der Waals surface area (Å²) < 4.78 is 24.0. The lowest BCUT2D eigenvalue weighted by atomic mass is 10.2. The zero-order valence-electron chi connectivity index (χ0n) is 13.6. The van der Waals surface area contributed by atoms with Gasteiger partial charge in [0.15, 0.2) is 5.11 Å². The van der Waals surface area contributed by atoms with Gasteiger partial charge in [0.1, 0.15) is 5.28 Å². The van der Waals surface area contributed by atoms with E-state index in [4.69, 9.17) is 21.3 Å². The van der Waals surface area contributed by atoms with Gasteiger partial charge < -0.3 is 19.7 Å². The van der Waals surface area contributed by atoms with Crippen molar-refractivity contribution < 1.29 is 13.6 Å². The largest absolute Gasteiger partial charge is 0.355 e. The molecule has 0 fully saturated rings. The molecule has 1 rings (SSSR count). The maximum Gasteiger partial charge on any atom is 0.355 e. The van der Waals surface area contributed by atoms with Crippen LogP contribution >= 0.6 is 19.8 Å². The lowest BCUT2D eigenvalue weighted by Crippen LogP contribution is -2.47. The molecule has 0 bridgehead atoms. The van der Waals surface area contributed by atoms with Gasteiger partial charge in [-0.25, -0.2) is 0 Å². The molecule has 124 valence electrons. The maximum absolute atomic E-state index is 13.1. The van der Waals surface area contributed by atoms with Crippen LogP contribution in [0.15, 0.2) is 30.3 Å². The van der Waals surface area contributed by atoms with E-state index in [0.29, 0.717) is 24.7 Å². The average Bonchev–Trinajstić information content (AvgIpc) is 2.48. The number of hydrogen-bond donors (Lipinski definition) is 2. The van der Waals surface area contributed by atoms with Crippen molar-refractivity contribution in [3.63, 3.8) is 0 Å². The topological polar surface area (TPSA) is 59.6 Å². The summed E-state index contributed by atoms with van der Waals surface area (Å²) in [5.74, 6) is 0. The fourth-order valence-electron chi connectivity index (χ4n) is 1.94. The molecular weight excluding hydrogens is 319 g/mol. The molecule has 5 nitrogen and oxygen atoms in total. The third kappa shape index (κ3) is 4.78. The zero-order valence-corrected chi connectivity index (χ0v) is 15.3. The molecule has 0 aliphatic heterocycles. The molecule has 1 atom stereocenters. The van der Waals surface area contributed by atoms with E-state index >= 15 is 0 Å². The number of thiocarbonyl (C=S) groups is 1. The third-order valence-corrected chi connectivity index (χ3v) is 6.34. The minimum atomic E-state index is -3.34. The van der Waals surface area contributed by atoms with E-state index in [9.17, 15) is 4.57 Å². The van der Waals surface area contributed by atoms with Crippen molar-refractivity contribution in [1.82, 2.24) is 5.32 Å². The Labute approximate surface area is 138 Å². The van der Waals surface area contributed by atoms with Crippen LogP contribution in [0.3, 0.4) is 0 Å². The summed E-state index contributed by atoms with van der Waals surface area (Å²) in [6.45, 7) is 7.94. The molecule has 1 aromatic rings. The fourth-order valence-corrected chi connectivity index (χ4v) is 4.32. The van der Waals surface area contributed by atoms with Gasteiger partial charge >= 0.3 is 7.60 Å². The second-order valence-electron chi connectivity index (χ2n) is 4.91. The number of nitrogens with one attached hydrogen (secondary N) is 2. The van der Waals surface area contributed by atoms with E-state index in [2.05, 4.69) is 10.6 Å². The van der Waals surface area contributed by atoms with E-state index in [-0.39, 0.29) is 0 Å². The second kappa shape index (κ2) is 8.63. The van der Waals surface area contributed by atoms with Gasteiger partial charge in [-0.05, 0) is 51.5 Å². The smallest absolute Gasteiger partial charge is 0.346 e. The molecule has 0 spiro atoms. The molecule has 0 aromatic heterocycles. The van der Waals surface area contributed by atoms with Crippen LogP contribution in [0.25, 0.3) is 0 Å². The quantitative estimate of drug-likeness (QED) is 0.539. The molecule has 22 heavy (non-hydrogen) atoms. The molecule has 0 aliphatic carbocycles. The van der Waals surface area contributed by atoms with Gasteiger partial charge in [-0.3, -0.25) is 4.57 Å². The number of rotatable bonds is 8. The van der Waals surface area contributed by atoms with Crippen LogP contribution in [0.5, 0.6) is 0 Å². The van der Waals surface area contributed by atoms with Gasteiger partial charge in [-0.1, -0.05) is 25.1 Å². The highest BCUT2D eigenvalue weighted by molar-refractivity contribution is 7.80. The van der Waals surface area contributed by atoms with Crippen molar-refractivity contribution >= 4 is 30.6 Å². The first-order valence-corrected chi connectivity index (χ1v) is 9.39. The number of hydrogen-bond acceptors (Lipinski definition) is 4. The number of para-hydroxylation sites is 1. The minimum Gasteiger partial charge on any atom is -0.346 e. The van der Waals surface area contributed by atoms with Crippen molar-refractivity contribution in [3.05, 3.63) is 30.3 Å². The van der Waals surface area contributed by atoms with Gasteiger partial charge in [0, 0.05) is 5.69 Å². The third-order valence-electron chi connectivity index (χ3n) is 3.31. The van der Waals surface area contributed by atoms with Crippen molar-refractivity contribution in [2.75, 3.05) is 18.5 Å². The monoisotopic (exact) mass is 344 g/mol. The Morgan fingerprint density at radius 2 is 1.73 bits per heavy atom. The van der Waals surface area contributed by atoms with Crippen LogP contribution in [-0.4, -0.2) is 23.6 Å². The Bertz CT molecular complexity index is 517. The highest BCUT2D eigenvalue weighted by Gasteiger charge is 2.46. The lowest BCUT2D eigenvalue weighted by Gasteiger charge is -2.36. The standard InChI is InChI=1S/C15H25N2O3PS/c1-5-15(4,21(18,19-6-2)20-7-3)17-14(22)16-13-11-9-8-10-12-13/h8-12H,5-7H2,1-4H3,(H2,16,17,22). The highest BCUT2D eigenvalue weighted by Crippen LogP contribution is 2.59. The molecule has 0 saturated carbocycles. The van der Waals surface area contributed by atoms with E-state index in [0.717, 1.165) is 5.69 Å². The van der Waals surface area contributed by atoms with Crippen molar-refractivity contribution in [1.29, 1.82) is 0 Å². The minimum absolute atomic E-state index is 0.313. The van der Waals surface area contributed by atoms with Crippen molar-refractivity contribution in [3.8, 4) is 0 Å². The first-order chi connectivity index (χ1) is 10.4. The van der Waals surface area contributed by atoms with E-state index in [1.165, 1.54) is 0 Å². The number of anilines is 1. The SMILES string of the molecule is CCOP(=O)(OCC)C(C)(CC)NC(=S)Nc1ccccc1. The van der Waals surface area contributed by atoms with Crippen molar-refractivity contribution in [2.45, 2.75) is 39.4 Å². The summed E-state index contributed by atoms with van der Waals surface area (Å²) in [6.07, 6.45) is 0.543. The first kappa shape index (κ1) is 19.1. The summed E-state index contributed by atoms with van der Waals surface area (Å²) in [6, 6.07) is 9.56. The molecule has 0 aliphatic rings. The molecule has 2 N–H and O–H groups in total. The Balaban J connectivity index is 2.88. The Morgan fingerprint density at radius 3 is 2.18 bits per heavy atom. The van der Waals surface area contributed by atoms with Gasteiger partial charge in [-0.2, -0.15) is 0 Å². The molecule has 7 heteroatoms.